The average Bonchev–Trinajstić information content (AvgIpc) is 2.22. The standard InChI is InChI=1S/C11H12Cl2O3/c1-7(2)6-15-11(14)16-9-5-3-4-8(12)10(9)13/h3-5,7H,6H2,1-2H3. The lowest BCUT2D eigenvalue weighted by atomic mass is 10.2. The van der Waals surface area contributed by atoms with Gasteiger partial charge in [0.25, 0.3) is 0 Å². The van der Waals surface area contributed by atoms with E-state index in [1.807, 2.05) is 13.8 Å². The maximum atomic E-state index is 11.2. The van der Waals surface area contributed by atoms with Gasteiger partial charge in [-0.15, -0.1) is 0 Å². The Morgan fingerprint density at radius 3 is 2.69 bits per heavy atom. The molecule has 0 spiro atoms. The predicted octanol–water partition coefficient (Wildman–Crippen LogP) is 4.16. The van der Waals surface area contributed by atoms with Gasteiger partial charge in [0.05, 0.1) is 11.6 Å². The zero-order valence-electron chi connectivity index (χ0n) is 9.00. The van der Waals surface area contributed by atoms with Crippen molar-refractivity contribution in [3.63, 3.8) is 0 Å². The largest absolute Gasteiger partial charge is 0.513 e. The van der Waals surface area contributed by atoms with Gasteiger partial charge >= 0.3 is 6.16 Å². The third-order valence-electron chi connectivity index (χ3n) is 1.64. The van der Waals surface area contributed by atoms with E-state index >= 15 is 0 Å². The molecule has 16 heavy (non-hydrogen) atoms. The highest BCUT2D eigenvalue weighted by Gasteiger charge is 2.11. The molecule has 1 aromatic carbocycles. The van der Waals surface area contributed by atoms with Gasteiger partial charge in [0.2, 0.25) is 0 Å². The number of ether oxygens (including phenoxy) is 2. The lowest BCUT2D eigenvalue weighted by Crippen LogP contribution is -2.14. The molecule has 1 rings (SSSR count). The Morgan fingerprint density at radius 1 is 1.38 bits per heavy atom. The van der Waals surface area contributed by atoms with Gasteiger partial charge in [0.1, 0.15) is 5.02 Å². The molecule has 0 atom stereocenters. The van der Waals surface area contributed by atoms with Gasteiger partial charge < -0.3 is 9.47 Å². The van der Waals surface area contributed by atoms with Crippen molar-refractivity contribution in [3.8, 4) is 5.75 Å². The smallest absolute Gasteiger partial charge is 0.434 e. The predicted molar refractivity (Wildman–Crippen MR) is 63.3 cm³/mol. The van der Waals surface area contributed by atoms with Crippen molar-refractivity contribution in [2.75, 3.05) is 6.61 Å². The molecule has 0 heterocycles. The van der Waals surface area contributed by atoms with E-state index in [9.17, 15) is 4.79 Å². The fraction of sp³-hybridized carbons (Fsp3) is 0.364. The molecular weight excluding hydrogens is 251 g/mol. The van der Waals surface area contributed by atoms with Crippen LogP contribution in [0.15, 0.2) is 18.2 Å². The molecule has 3 nitrogen and oxygen atoms in total. The van der Waals surface area contributed by atoms with Crippen LogP contribution in [-0.4, -0.2) is 12.8 Å². The maximum absolute atomic E-state index is 11.2. The van der Waals surface area contributed by atoms with Crippen molar-refractivity contribution in [2.45, 2.75) is 13.8 Å². The number of hydrogen-bond donors (Lipinski definition) is 0. The summed E-state index contributed by atoms with van der Waals surface area (Å²) in [6.45, 7) is 4.16. The molecule has 0 saturated carbocycles. The Balaban J connectivity index is 2.59. The van der Waals surface area contributed by atoms with Crippen molar-refractivity contribution < 1.29 is 14.3 Å². The van der Waals surface area contributed by atoms with E-state index in [0.717, 1.165) is 0 Å². The Kier molecular flexibility index (Phi) is 4.90. The third-order valence-corrected chi connectivity index (χ3v) is 2.45. The summed E-state index contributed by atoms with van der Waals surface area (Å²) in [5, 5.41) is 0.529. The minimum absolute atomic E-state index is 0.197. The molecule has 0 aliphatic carbocycles. The van der Waals surface area contributed by atoms with Crippen LogP contribution < -0.4 is 4.74 Å². The average molecular weight is 263 g/mol. The monoisotopic (exact) mass is 262 g/mol. The molecule has 88 valence electrons. The first-order valence-corrected chi connectivity index (χ1v) is 5.55. The summed E-state index contributed by atoms with van der Waals surface area (Å²) in [5.74, 6) is 0.449. The first-order chi connectivity index (χ1) is 7.50. The SMILES string of the molecule is CC(C)COC(=O)Oc1cccc(Cl)c1Cl. The Labute approximate surface area is 104 Å². The molecule has 0 aliphatic heterocycles. The second-order valence-corrected chi connectivity index (χ2v) is 4.39. The minimum atomic E-state index is -0.780. The van der Waals surface area contributed by atoms with Crippen LogP contribution in [0.5, 0.6) is 5.75 Å². The van der Waals surface area contributed by atoms with E-state index in [-0.39, 0.29) is 16.7 Å². The second kappa shape index (κ2) is 5.97. The van der Waals surface area contributed by atoms with Crippen LogP contribution in [0.3, 0.4) is 0 Å². The zero-order chi connectivity index (χ0) is 12.1. The van der Waals surface area contributed by atoms with Gasteiger partial charge in [-0.25, -0.2) is 4.79 Å². The summed E-state index contributed by atoms with van der Waals surface area (Å²) in [6.07, 6.45) is -0.780. The molecule has 0 radical (unpaired) electrons. The third kappa shape index (κ3) is 3.91. The maximum Gasteiger partial charge on any atom is 0.513 e. The normalized spacial score (nSPS) is 10.3. The first kappa shape index (κ1) is 13.1. The van der Waals surface area contributed by atoms with E-state index < -0.39 is 6.16 Å². The summed E-state index contributed by atoms with van der Waals surface area (Å²) >= 11 is 11.6. The van der Waals surface area contributed by atoms with Crippen LogP contribution >= 0.6 is 23.2 Å². The zero-order valence-corrected chi connectivity index (χ0v) is 10.5. The molecule has 0 aliphatic rings. The number of rotatable bonds is 3. The van der Waals surface area contributed by atoms with Gasteiger partial charge in [-0.2, -0.15) is 0 Å². The quantitative estimate of drug-likeness (QED) is 0.606. The van der Waals surface area contributed by atoms with E-state index in [0.29, 0.717) is 11.6 Å². The molecule has 5 heteroatoms. The van der Waals surface area contributed by atoms with Gasteiger partial charge in [0.15, 0.2) is 5.75 Å². The molecule has 1 aromatic rings. The number of benzene rings is 1. The van der Waals surface area contributed by atoms with Crippen LogP contribution in [0.1, 0.15) is 13.8 Å². The molecule has 0 bridgehead atoms. The van der Waals surface area contributed by atoms with E-state index in [1.165, 1.54) is 0 Å². The van der Waals surface area contributed by atoms with Crippen LogP contribution in [0, 0.1) is 5.92 Å². The van der Waals surface area contributed by atoms with Gasteiger partial charge in [0, 0.05) is 0 Å². The summed E-state index contributed by atoms with van der Waals surface area (Å²) < 4.78 is 9.74. The molecular formula is C11H12Cl2O3. The molecule has 0 N–H and O–H groups in total. The van der Waals surface area contributed by atoms with Crippen molar-refractivity contribution in [1.82, 2.24) is 0 Å². The Morgan fingerprint density at radius 2 is 2.06 bits per heavy atom. The van der Waals surface area contributed by atoms with Crippen LogP contribution in [0.2, 0.25) is 10.0 Å². The van der Waals surface area contributed by atoms with E-state index in [4.69, 9.17) is 32.7 Å². The van der Waals surface area contributed by atoms with Crippen LogP contribution in [-0.2, 0) is 4.74 Å². The summed E-state index contributed by atoms with van der Waals surface area (Å²) in [5.41, 5.74) is 0. The van der Waals surface area contributed by atoms with E-state index in [1.54, 1.807) is 18.2 Å². The van der Waals surface area contributed by atoms with Crippen molar-refractivity contribution in [1.29, 1.82) is 0 Å². The number of carbonyl (C=O) groups excluding carboxylic acids is 1. The minimum Gasteiger partial charge on any atom is -0.434 e. The van der Waals surface area contributed by atoms with Crippen molar-refractivity contribution in [2.24, 2.45) is 5.92 Å². The van der Waals surface area contributed by atoms with Gasteiger partial charge in [-0.3, -0.25) is 0 Å². The summed E-state index contributed by atoms with van der Waals surface area (Å²) in [4.78, 5) is 11.2. The molecule has 0 fully saturated rings. The van der Waals surface area contributed by atoms with Gasteiger partial charge in [-0.05, 0) is 18.1 Å². The number of halogens is 2. The lowest BCUT2D eigenvalue weighted by Gasteiger charge is -2.09. The van der Waals surface area contributed by atoms with Crippen molar-refractivity contribution >= 4 is 29.4 Å². The fourth-order valence-electron chi connectivity index (χ4n) is 0.917. The lowest BCUT2D eigenvalue weighted by molar-refractivity contribution is 0.0886. The summed E-state index contributed by atoms with van der Waals surface area (Å²) in [7, 11) is 0. The van der Waals surface area contributed by atoms with E-state index in [2.05, 4.69) is 0 Å². The highest BCUT2D eigenvalue weighted by Crippen LogP contribution is 2.31. The first-order valence-electron chi connectivity index (χ1n) is 4.79. The molecule has 0 unspecified atom stereocenters. The highest BCUT2D eigenvalue weighted by molar-refractivity contribution is 6.42. The van der Waals surface area contributed by atoms with Crippen molar-refractivity contribution in [3.05, 3.63) is 28.2 Å². The molecule has 0 saturated heterocycles. The second-order valence-electron chi connectivity index (χ2n) is 3.61. The number of hydrogen-bond acceptors (Lipinski definition) is 3. The fourth-order valence-corrected chi connectivity index (χ4v) is 1.25. The number of carbonyl (C=O) groups is 1. The Hall–Kier alpha value is -0.930. The van der Waals surface area contributed by atoms with Crippen LogP contribution in [0.4, 0.5) is 4.79 Å². The topological polar surface area (TPSA) is 35.5 Å². The highest BCUT2D eigenvalue weighted by atomic mass is 35.5. The van der Waals surface area contributed by atoms with Gasteiger partial charge in [-0.1, -0.05) is 43.1 Å². The Bertz CT molecular complexity index is 377. The molecule has 0 aromatic heterocycles. The summed E-state index contributed by atoms with van der Waals surface area (Å²) in [6, 6.07) is 4.79. The van der Waals surface area contributed by atoms with Crippen LogP contribution in [0.25, 0.3) is 0 Å². The molecule has 0 amide bonds.